The first-order valence-electron chi connectivity index (χ1n) is 9.75. The van der Waals surface area contributed by atoms with Crippen LogP contribution in [-0.4, -0.2) is 23.9 Å². The molecular weight excluding hydrogens is 402 g/mol. The number of hydrogen-bond acceptors (Lipinski definition) is 5. The summed E-state index contributed by atoms with van der Waals surface area (Å²) in [5.74, 6) is 1.26. The molecular formula is C23H25NO3S2. The number of benzene rings is 2. The molecule has 0 N–H and O–H groups in total. The lowest BCUT2D eigenvalue weighted by atomic mass is 10.1. The van der Waals surface area contributed by atoms with Crippen LogP contribution in [-0.2, 0) is 11.2 Å². The van der Waals surface area contributed by atoms with Crippen LogP contribution in [0.5, 0.6) is 11.5 Å². The van der Waals surface area contributed by atoms with Gasteiger partial charge in [0, 0.05) is 0 Å². The number of anilines is 1. The second-order valence-corrected chi connectivity index (χ2v) is 8.33. The zero-order valence-corrected chi connectivity index (χ0v) is 18.6. The van der Waals surface area contributed by atoms with Gasteiger partial charge in [-0.3, -0.25) is 9.69 Å². The first-order valence-corrected chi connectivity index (χ1v) is 11.0. The summed E-state index contributed by atoms with van der Waals surface area (Å²) < 4.78 is 11.8. The van der Waals surface area contributed by atoms with Crippen molar-refractivity contribution in [3.05, 3.63) is 58.5 Å². The number of thiocarbonyl (C=S) groups is 1. The molecule has 0 unspecified atom stereocenters. The number of carbonyl (C=O) groups excluding carboxylic acids is 1. The number of aryl methyl sites for hydroxylation is 1. The number of hydrogen-bond donors (Lipinski definition) is 0. The summed E-state index contributed by atoms with van der Waals surface area (Å²) in [5.41, 5.74) is 2.89. The fourth-order valence-electron chi connectivity index (χ4n) is 2.94. The SMILES string of the molecule is CCCCOc1ccc(/C=C2\SC(=S)N(c3ccc(CC)cc3)C2=O)cc1OC. The average Bonchev–Trinajstić information content (AvgIpc) is 3.02. The number of nitrogens with zero attached hydrogens (tertiary/aromatic N) is 1. The van der Waals surface area contributed by atoms with Crippen LogP contribution in [0.1, 0.15) is 37.8 Å². The number of thioether (sulfide) groups is 1. The molecule has 1 heterocycles. The second-order valence-electron chi connectivity index (χ2n) is 6.65. The molecule has 152 valence electrons. The Labute approximate surface area is 181 Å². The maximum absolute atomic E-state index is 13.0. The van der Waals surface area contributed by atoms with Gasteiger partial charge in [0.2, 0.25) is 0 Å². The van der Waals surface area contributed by atoms with Crippen molar-refractivity contribution in [2.75, 3.05) is 18.6 Å². The van der Waals surface area contributed by atoms with E-state index < -0.39 is 0 Å². The Morgan fingerprint density at radius 1 is 1.10 bits per heavy atom. The van der Waals surface area contributed by atoms with Gasteiger partial charge < -0.3 is 9.47 Å². The quantitative estimate of drug-likeness (QED) is 0.300. The van der Waals surface area contributed by atoms with E-state index in [1.54, 1.807) is 12.0 Å². The summed E-state index contributed by atoms with van der Waals surface area (Å²) in [6, 6.07) is 13.6. The van der Waals surface area contributed by atoms with Crippen LogP contribution in [0.25, 0.3) is 6.08 Å². The molecule has 3 rings (SSSR count). The van der Waals surface area contributed by atoms with Crippen molar-refractivity contribution in [2.45, 2.75) is 33.1 Å². The summed E-state index contributed by atoms with van der Waals surface area (Å²) in [4.78, 5) is 15.1. The van der Waals surface area contributed by atoms with E-state index in [0.29, 0.717) is 27.3 Å². The fourth-order valence-corrected chi connectivity index (χ4v) is 4.24. The maximum atomic E-state index is 13.0. The molecule has 1 amide bonds. The van der Waals surface area contributed by atoms with E-state index in [4.69, 9.17) is 21.7 Å². The van der Waals surface area contributed by atoms with Crippen molar-refractivity contribution in [3.8, 4) is 11.5 Å². The molecule has 1 aliphatic heterocycles. The number of unbranched alkanes of at least 4 members (excludes halogenated alkanes) is 1. The van der Waals surface area contributed by atoms with Crippen molar-refractivity contribution in [1.82, 2.24) is 0 Å². The van der Waals surface area contributed by atoms with Crippen LogP contribution >= 0.6 is 24.0 Å². The zero-order chi connectivity index (χ0) is 20.8. The van der Waals surface area contributed by atoms with E-state index in [-0.39, 0.29) is 5.91 Å². The molecule has 0 radical (unpaired) electrons. The smallest absolute Gasteiger partial charge is 0.270 e. The van der Waals surface area contributed by atoms with Crippen LogP contribution in [0.2, 0.25) is 0 Å². The highest BCUT2D eigenvalue weighted by atomic mass is 32.2. The van der Waals surface area contributed by atoms with Crippen molar-refractivity contribution >= 4 is 46.0 Å². The Morgan fingerprint density at radius 3 is 2.52 bits per heavy atom. The van der Waals surface area contributed by atoms with E-state index >= 15 is 0 Å². The molecule has 0 saturated carbocycles. The minimum absolute atomic E-state index is 0.105. The Bertz CT molecular complexity index is 922. The van der Waals surface area contributed by atoms with Crippen molar-refractivity contribution in [3.63, 3.8) is 0 Å². The molecule has 0 spiro atoms. The molecule has 0 bridgehead atoms. The van der Waals surface area contributed by atoms with Crippen LogP contribution in [0, 0.1) is 0 Å². The number of amides is 1. The lowest BCUT2D eigenvalue weighted by Crippen LogP contribution is -2.27. The first-order chi connectivity index (χ1) is 14.1. The van der Waals surface area contributed by atoms with Gasteiger partial charge in [-0.25, -0.2) is 0 Å². The van der Waals surface area contributed by atoms with E-state index in [2.05, 4.69) is 13.8 Å². The minimum atomic E-state index is -0.105. The van der Waals surface area contributed by atoms with E-state index in [1.807, 2.05) is 48.5 Å². The van der Waals surface area contributed by atoms with Gasteiger partial charge >= 0.3 is 0 Å². The number of rotatable bonds is 8. The standard InChI is InChI=1S/C23H25NO3S2/c1-4-6-13-27-19-12-9-17(14-20(19)26-3)15-21-22(25)24(23(28)29-21)18-10-7-16(5-2)8-11-18/h7-12,14-15H,4-6,13H2,1-3H3/b21-15-. The van der Waals surface area contributed by atoms with Crippen molar-refractivity contribution in [2.24, 2.45) is 0 Å². The minimum Gasteiger partial charge on any atom is -0.493 e. The largest absolute Gasteiger partial charge is 0.493 e. The van der Waals surface area contributed by atoms with Gasteiger partial charge in [-0.2, -0.15) is 0 Å². The monoisotopic (exact) mass is 427 g/mol. The summed E-state index contributed by atoms with van der Waals surface area (Å²) in [5, 5.41) is 0. The van der Waals surface area contributed by atoms with Gasteiger partial charge in [0.1, 0.15) is 0 Å². The third kappa shape index (κ3) is 5.00. The van der Waals surface area contributed by atoms with E-state index in [0.717, 1.165) is 30.5 Å². The molecule has 2 aromatic rings. The van der Waals surface area contributed by atoms with Gasteiger partial charge in [-0.15, -0.1) is 0 Å². The second kappa shape index (κ2) is 9.94. The summed E-state index contributed by atoms with van der Waals surface area (Å²) in [6.45, 7) is 4.88. The molecule has 1 fully saturated rings. The van der Waals surface area contributed by atoms with Crippen LogP contribution in [0.4, 0.5) is 5.69 Å². The highest BCUT2D eigenvalue weighted by Crippen LogP contribution is 2.37. The molecule has 1 aliphatic rings. The highest BCUT2D eigenvalue weighted by Gasteiger charge is 2.33. The molecule has 29 heavy (non-hydrogen) atoms. The predicted octanol–water partition coefficient (Wildman–Crippen LogP) is 5.84. The van der Waals surface area contributed by atoms with E-state index in [9.17, 15) is 4.79 Å². The van der Waals surface area contributed by atoms with Gasteiger partial charge in [0.25, 0.3) is 5.91 Å². The average molecular weight is 428 g/mol. The third-order valence-corrected chi connectivity index (χ3v) is 5.94. The lowest BCUT2D eigenvalue weighted by Gasteiger charge is -2.14. The molecule has 0 aromatic heterocycles. The molecule has 1 saturated heterocycles. The summed E-state index contributed by atoms with van der Waals surface area (Å²) >= 11 is 6.78. The Morgan fingerprint density at radius 2 is 1.86 bits per heavy atom. The molecule has 0 atom stereocenters. The predicted molar refractivity (Wildman–Crippen MR) is 125 cm³/mol. The van der Waals surface area contributed by atoms with Gasteiger partial charge in [0.05, 0.1) is 24.3 Å². The van der Waals surface area contributed by atoms with Gasteiger partial charge in [0.15, 0.2) is 15.8 Å². The first kappa shape index (κ1) is 21.4. The maximum Gasteiger partial charge on any atom is 0.270 e. The topological polar surface area (TPSA) is 38.8 Å². The third-order valence-electron chi connectivity index (χ3n) is 4.64. The molecule has 2 aromatic carbocycles. The Kier molecular flexibility index (Phi) is 7.34. The zero-order valence-electron chi connectivity index (χ0n) is 16.9. The lowest BCUT2D eigenvalue weighted by molar-refractivity contribution is -0.113. The number of ether oxygens (including phenoxy) is 2. The van der Waals surface area contributed by atoms with E-state index in [1.165, 1.54) is 17.3 Å². The Hall–Kier alpha value is -2.31. The summed E-state index contributed by atoms with van der Waals surface area (Å²) in [7, 11) is 1.62. The number of carbonyl (C=O) groups is 1. The van der Waals surface area contributed by atoms with Crippen molar-refractivity contribution < 1.29 is 14.3 Å². The summed E-state index contributed by atoms with van der Waals surface area (Å²) in [6.07, 6.45) is 4.87. The molecule has 6 heteroatoms. The van der Waals surface area contributed by atoms with Crippen LogP contribution < -0.4 is 14.4 Å². The van der Waals surface area contributed by atoms with Gasteiger partial charge in [-0.1, -0.05) is 62.4 Å². The number of methoxy groups -OCH3 is 1. The van der Waals surface area contributed by atoms with Crippen LogP contribution in [0.15, 0.2) is 47.4 Å². The molecule has 0 aliphatic carbocycles. The fraction of sp³-hybridized carbons (Fsp3) is 0.304. The Balaban J connectivity index is 1.81. The van der Waals surface area contributed by atoms with Crippen molar-refractivity contribution in [1.29, 1.82) is 0 Å². The highest BCUT2D eigenvalue weighted by molar-refractivity contribution is 8.27. The molecule has 4 nitrogen and oxygen atoms in total. The van der Waals surface area contributed by atoms with Gasteiger partial charge in [-0.05, 0) is 54.3 Å². The normalized spacial score (nSPS) is 15.3. The van der Waals surface area contributed by atoms with Crippen LogP contribution in [0.3, 0.4) is 0 Å².